The van der Waals surface area contributed by atoms with E-state index in [4.69, 9.17) is 28.4 Å². The zero-order chi connectivity index (χ0) is 69.0. The van der Waals surface area contributed by atoms with Crippen molar-refractivity contribution in [3.8, 4) is 56.5 Å². The summed E-state index contributed by atoms with van der Waals surface area (Å²) >= 11 is 0. The van der Waals surface area contributed by atoms with E-state index in [0.717, 1.165) is 35.4 Å². The van der Waals surface area contributed by atoms with Gasteiger partial charge in [-0.25, -0.2) is 55.9 Å². The molecule has 12 rings (SSSR count). The maximum absolute atomic E-state index is 15.5. The molecule has 0 aliphatic rings. The molecule has 0 atom stereocenters. The van der Waals surface area contributed by atoms with Gasteiger partial charge in [0.25, 0.3) is 0 Å². The third-order valence-corrected chi connectivity index (χ3v) is 16.0. The summed E-state index contributed by atoms with van der Waals surface area (Å²) in [4.78, 5) is 40.9. The maximum Gasteiger partial charge on any atom is 0.335 e. The molecule has 0 aliphatic carbocycles. The molecule has 0 fully saturated rings. The SMILES string of the molecule is COCCn1cc(-c2ccc(COc3cccc(-c4cc(F)c(Cc5nc6ccc(C(=O)O)cc6n5CCOC)cc4F)n3)c(F)c2)cn1.COCCn1cc(-c2ccc(COc3cccc(-c4cc(F)c(Cc5nc6ccc(C(=O)O)cc6n5CCOC)cc4F)n3)c(F)c2)cn1. The lowest BCUT2D eigenvalue weighted by Gasteiger charge is -2.12. The standard InChI is InChI=1S/2C36H32F3N5O5/c2*1-47-12-10-43-20-26(19-40-43)22-6-7-24(28(37)14-22)21-49-35-5-3-4-31(42-35)27-18-29(38)25(15-30(27)39)17-34-41-32-9-8-23(36(45)46)16-33(32)44(34)11-13-48-2/h2*3-9,14-16,18-20H,10-13,17,21H2,1-2H3,(H,45,46). The number of rotatable bonds is 28. The van der Waals surface area contributed by atoms with Gasteiger partial charge in [0.05, 0.1) is 96.5 Å². The van der Waals surface area contributed by atoms with Crippen molar-refractivity contribution in [1.82, 2.24) is 48.6 Å². The van der Waals surface area contributed by atoms with Crippen LogP contribution in [-0.4, -0.2) is 126 Å². The summed E-state index contributed by atoms with van der Waals surface area (Å²) in [7, 11) is 6.28. The van der Waals surface area contributed by atoms with Crippen molar-refractivity contribution in [1.29, 1.82) is 0 Å². The minimum atomic E-state index is -1.09. The molecule has 0 bridgehead atoms. The zero-order valence-electron chi connectivity index (χ0n) is 53.4. The molecule has 0 radical (unpaired) electrons. The molecule has 0 spiro atoms. The number of aromatic nitrogens is 10. The van der Waals surface area contributed by atoms with Crippen LogP contribution in [-0.2, 0) is 71.2 Å². The van der Waals surface area contributed by atoms with Crippen LogP contribution in [0.4, 0.5) is 26.3 Å². The van der Waals surface area contributed by atoms with Crippen molar-refractivity contribution in [2.45, 2.75) is 52.2 Å². The fourth-order valence-electron chi connectivity index (χ4n) is 10.8. The molecule has 0 unspecified atom stereocenters. The zero-order valence-corrected chi connectivity index (χ0v) is 53.4. The molecular weight excluding hydrogens is 1280 g/mol. The Morgan fingerprint density at radius 3 is 1.20 bits per heavy atom. The summed E-state index contributed by atoms with van der Waals surface area (Å²) in [5, 5.41) is 27.4. The fraction of sp³-hybridized carbons (Fsp3) is 0.222. The summed E-state index contributed by atoms with van der Waals surface area (Å²) in [6.07, 6.45) is 6.82. The molecule has 6 aromatic carbocycles. The Bertz CT molecular complexity index is 4560. The van der Waals surface area contributed by atoms with Crippen LogP contribution < -0.4 is 9.47 Å². The Hall–Kier alpha value is -11.1. The summed E-state index contributed by atoms with van der Waals surface area (Å²) in [6, 6.07) is 32.3. The second-order valence-corrected chi connectivity index (χ2v) is 22.4. The average molecular weight is 1340 g/mol. The largest absolute Gasteiger partial charge is 0.478 e. The van der Waals surface area contributed by atoms with Crippen molar-refractivity contribution in [2.75, 3.05) is 54.9 Å². The number of hydrogen-bond acceptors (Lipinski definition) is 14. The lowest BCUT2D eigenvalue weighted by atomic mass is 10.0. The first-order valence-electron chi connectivity index (χ1n) is 30.7. The maximum atomic E-state index is 15.5. The van der Waals surface area contributed by atoms with Gasteiger partial charge in [0.15, 0.2) is 0 Å². The van der Waals surface area contributed by atoms with Crippen molar-refractivity contribution in [3.63, 3.8) is 0 Å². The van der Waals surface area contributed by atoms with E-state index >= 15 is 26.3 Å². The lowest BCUT2D eigenvalue weighted by Crippen LogP contribution is -2.10. The van der Waals surface area contributed by atoms with Gasteiger partial charge in [-0.05, 0) is 107 Å². The van der Waals surface area contributed by atoms with Crippen molar-refractivity contribution < 1.29 is 74.6 Å². The van der Waals surface area contributed by atoms with Gasteiger partial charge in [-0.1, -0.05) is 36.4 Å². The Balaban J connectivity index is 0.000000198. The molecular formula is C72H64F6N10O10. The molecule has 98 heavy (non-hydrogen) atoms. The molecule has 0 aliphatic heterocycles. The van der Waals surface area contributed by atoms with E-state index in [-0.39, 0.29) is 82.6 Å². The van der Waals surface area contributed by atoms with E-state index in [9.17, 15) is 19.8 Å². The van der Waals surface area contributed by atoms with E-state index in [2.05, 4.69) is 30.1 Å². The van der Waals surface area contributed by atoms with E-state index in [1.54, 1.807) is 106 Å². The first kappa shape index (κ1) is 68.3. The number of nitrogens with zero attached hydrogens (tertiary/aromatic N) is 10. The second-order valence-electron chi connectivity index (χ2n) is 22.4. The number of imidazole rings is 2. The highest BCUT2D eigenvalue weighted by Crippen LogP contribution is 2.32. The number of methoxy groups -OCH3 is 4. The predicted molar refractivity (Wildman–Crippen MR) is 350 cm³/mol. The number of pyridine rings is 2. The topological polar surface area (TPSA) is 227 Å². The fourth-order valence-corrected chi connectivity index (χ4v) is 10.8. The summed E-state index contributed by atoms with van der Waals surface area (Å²) in [5.74, 6) is -4.82. The molecule has 20 nitrogen and oxygen atoms in total. The minimum Gasteiger partial charge on any atom is -0.478 e. The molecule has 26 heteroatoms. The third kappa shape index (κ3) is 16.1. The highest BCUT2D eigenvalue weighted by Gasteiger charge is 2.22. The molecule has 12 aromatic rings. The monoisotopic (exact) mass is 1340 g/mol. The first-order valence-corrected chi connectivity index (χ1v) is 30.7. The average Bonchev–Trinajstić information content (AvgIpc) is 1.62. The van der Waals surface area contributed by atoms with Gasteiger partial charge in [-0.2, -0.15) is 10.2 Å². The summed E-state index contributed by atoms with van der Waals surface area (Å²) in [6.45, 7) is 3.17. The van der Waals surface area contributed by atoms with Crippen LogP contribution in [0.25, 0.3) is 66.8 Å². The molecule has 2 N–H and O–H groups in total. The minimum absolute atomic E-state index is 0.0546. The van der Waals surface area contributed by atoms with Gasteiger partial charge in [0.1, 0.15) is 59.8 Å². The molecule has 504 valence electrons. The van der Waals surface area contributed by atoms with Gasteiger partial charge in [0.2, 0.25) is 11.8 Å². The van der Waals surface area contributed by atoms with E-state index in [0.29, 0.717) is 109 Å². The lowest BCUT2D eigenvalue weighted by molar-refractivity contribution is 0.0686. The Labute approximate surface area is 556 Å². The number of carboxylic acids is 2. The first-order chi connectivity index (χ1) is 47.5. The van der Waals surface area contributed by atoms with Crippen LogP contribution in [0.3, 0.4) is 0 Å². The van der Waals surface area contributed by atoms with Crippen molar-refractivity contribution >= 4 is 34.0 Å². The number of fused-ring (bicyclic) bond motifs is 2. The number of ether oxygens (including phenoxy) is 6. The molecule has 0 amide bonds. The number of halogens is 6. The predicted octanol–water partition coefficient (Wildman–Crippen LogP) is 13.1. The van der Waals surface area contributed by atoms with Crippen LogP contribution in [0.1, 0.15) is 54.6 Å². The van der Waals surface area contributed by atoms with Gasteiger partial charge in [0, 0.05) is 112 Å². The third-order valence-electron chi connectivity index (χ3n) is 16.0. The van der Waals surface area contributed by atoms with Crippen molar-refractivity contribution in [2.24, 2.45) is 0 Å². The van der Waals surface area contributed by atoms with Gasteiger partial charge in [-0.3, -0.25) is 9.36 Å². The number of benzene rings is 6. The second kappa shape index (κ2) is 31.2. The molecule has 6 heterocycles. The highest BCUT2D eigenvalue weighted by molar-refractivity contribution is 5.93. The van der Waals surface area contributed by atoms with Crippen LogP contribution in [0.2, 0.25) is 0 Å². The normalized spacial score (nSPS) is 11.4. The smallest absolute Gasteiger partial charge is 0.335 e. The number of aromatic carboxylic acids is 2. The van der Waals surface area contributed by atoms with Gasteiger partial charge in [-0.15, -0.1) is 0 Å². The Morgan fingerprint density at radius 1 is 0.418 bits per heavy atom. The highest BCUT2D eigenvalue weighted by atomic mass is 19.1. The quantitative estimate of drug-likeness (QED) is 0.0435. The van der Waals surface area contributed by atoms with Gasteiger partial charge < -0.3 is 47.8 Å². The van der Waals surface area contributed by atoms with Crippen LogP contribution in [0, 0.1) is 34.9 Å². The van der Waals surface area contributed by atoms with Crippen molar-refractivity contribution in [3.05, 3.63) is 238 Å². The van der Waals surface area contributed by atoms with Crippen LogP contribution >= 0.6 is 0 Å². The Morgan fingerprint density at radius 2 is 0.816 bits per heavy atom. The number of carbonyl (C=O) groups is 2. The van der Waals surface area contributed by atoms with E-state index in [1.807, 2.05) is 12.4 Å². The molecule has 0 saturated heterocycles. The molecule has 0 saturated carbocycles. The van der Waals surface area contributed by atoms with Crippen LogP contribution in [0.5, 0.6) is 11.8 Å². The van der Waals surface area contributed by atoms with Crippen LogP contribution in [0.15, 0.2) is 158 Å². The number of hydrogen-bond donors (Lipinski definition) is 2. The summed E-state index contributed by atoms with van der Waals surface area (Å²) in [5.41, 5.74) is 5.96. The van der Waals surface area contributed by atoms with Gasteiger partial charge >= 0.3 is 11.9 Å². The summed E-state index contributed by atoms with van der Waals surface area (Å²) < 4.78 is 131. The van der Waals surface area contributed by atoms with E-state index < -0.39 is 46.8 Å². The van der Waals surface area contributed by atoms with E-state index in [1.165, 1.54) is 62.8 Å². The Kier molecular flexibility index (Phi) is 21.8. The number of carboxylic acid groups (broad SMARTS) is 2. The molecule has 6 aromatic heterocycles.